The molecule has 0 saturated carbocycles. The molecule has 13 heavy (non-hydrogen) atoms. The quantitative estimate of drug-likeness (QED) is 0.718. The molecular formula is C11H24N2. The average Bonchev–Trinajstić information content (AvgIpc) is 2.04. The zero-order chi connectivity index (χ0) is 9.84. The van der Waals surface area contributed by atoms with Crippen LogP contribution < -0.4 is 5.32 Å². The zero-order valence-corrected chi connectivity index (χ0v) is 9.51. The minimum absolute atomic E-state index is 0.668. The lowest BCUT2D eigenvalue weighted by molar-refractivity contribution is 0.103. The summed E-state index contributed by atoms with van der Waals surface area (Å²) in [5, 5.41) is 3.56. The smallest absolute Gasteiger partial charge is 0.0244 e. The standard InChI is InChI=1S/C11H24N2/c1-5-6-13-8-10(4)12-7-11(13)9(2)3/h9-12H,5-8H2,1-4H3. The Morgan fingerprint density at radius 3 is 2.69 bits per heavy atom. The Morgan fingerprint density at radius 1 is 1.46 bits per heavy atom. The number of hydrogen-bond acceptors (Lipinski definition) is 2. The highest BCUT2D eigenvalue weighted by Gasteiger charge is 2.26. The van der Waals surface area contributed by atoms with Crippen molar-refractivity contribution in [3.05, 3.63) is 0 Å². The van der Waals surface area contributed by atoms with Crippen LogP contribution in [0.4, 0.5) is 0 Å². The first-order valence-corrected chi connectivity index (χ1v) is 5.62. The summed E-state index contributed by atoms with van der Waals surface area (Å²) in [5.74, 6) is 0.770. The van der Waals surface area contributed by atoms with Gasteiger partial charge in [-0.25, -0.2) is 0 Å². The summed E-state index contributed by atoms with van der Waals surface area (Å²) in [6.07, 6.45) is 1.27. The van der Waals surface area contributed by atoms with Gasteiger partial charge in [0.25, 0.3) is 0 Å². The average molecular weight is 184 g/mol. The van der Waals surface area contributed by atoms with Gasteiger partial charge < -0.3 is 5.32 Å². The molecule has 1 N–H and O–H groups in total. The van der Waals surface area contributed by atoms with Crippen molar-refractivity contribution < 1.29 is 0 Å². The molecule has 0 aromatic heterocycles. The van der Waals surface area contributed by atoms with Gasteiger partial charge in [0.05, 0.1) is 0 Å². The van der Waals surface area contributed by atoms with E-state index in [0.717, 1.165) is 12.0 Å². The first kappa shape index (κ1) is 11.0. The van der Waals surface area contributed by atoms with Gasteiger partial charge in [-0.2, -0.15) is 0 Å². The molecule has 78 valence electrons. The Bertz CT molecular complexity index is 145. The van der Waals surface area contributed by atoms with E-state index in [1.165, 1.54) is 26.1 Å². The second kappa shape index (κ2) is 4.97. The summed E-state index contributed by atoms with van der Waals surface area (Å²) in [5.41, 5.74) is 0. The van der Waals surface area contributed by atoms with E-state index in [9.17, 15) is 0 Å². The minimum Gasteiger partial charge on any atom is -0.311 e. The molecule has 1 fully saturated rings. The molecule has 0 bridgehead atoms. The van der Waals surface area contributed by atoms with Gasteiger partial charge in [0.15, 0.2) is 0 Å². The fourth-order valence-electron chi connectivity index (χ4n) is 2.20. The van der Waals surface area contributed by atoms with Crippen molar-refractivity contribution in [1.29, 1.82) is 0 Å². The molecule has 1 aliphatic rings. The lowest BCUT2D eigenvalue weighted by Gasteiger charge is -2.41. The summed E-state index contributed by atoms with van der Waals surface area (Å²) in [6.45, 7) is 12.8. The fraction of sp³-hybridized carbons (Fsp3) is 1.00. The van der Waals surface area contributed by atoms with Gasteiger partial charge in [-0.15, -0.1) is 0 Å². The van der Waals surface area contributed by atoms with Crippen molar-refractivity contribution in [2.75, 3.05) is 19.6 Å². The SMILES string of the molecule is CCCN1CC(C)NCC1C(C)C. The van der Waals surface area contributed by atoms with E-state index >= 15 is 0 Å². The van der Waals surface area contributed by atoms with Crippen molar-refractivity contribution >= 4 is 0 Å². The van der Waals surface area contributed by atoms with Crippen molar-refractivity contribution in [3.63, 3.8) is 0 Å². The highest BCUT2D eigenvalue weighted by molar-refractivity contribution is 4.85. The summed E-state index contributed by atoms with van der Waals surface area (Å²) in [4.78, 5) is 2.64. The largest absolute Gasteiger partial charge is 0.311 e. The predicted molar refractivity (Wildman–Crippen MR) is 58.0 cm³/mol. The van der Waals surface area contributed by atoms with E-state index < -0.39 is 0 Å². The summed E-state index contributed by atoms with van der Waals surface area (Å²) in [7, 11) is 0. The Hall–Kier alpha value is -0.0800. The van der Waals surface area contributed by atoms with Gasteiger partial charge in [-0.1, -0.05) is 20.8 Å². The van der Waals surface area contributed by atoms with E-state index in [1.54, 1.807) is 0 Å². The highest BCUT2D eigenvalue weighted by Crippen LogP contribution is 2.15. The molecule has 1 saturated heterocycles. The van der Waals surface area contributed by atoms with Gasteiger partial charge in [-0.3, -0.25) is 4.90 Å². The lowest BCUT2D eigenvalue weighted by atomic mass is 9.98. The van der Waals surface area contributed by atoms with E-state index in [0.29, 0.717) is 6.04 Å². The molecule has 2 unspecified atom stereocenters. The van der Waals surface area contributed by atoms with Crippen LogP contribution in [0.15, 0.2) is 0 Å². The van der Waals surface area contributed by atoms with Crippen LogP contribution in [0.25, 0.3) is 0 Å². The molecule has 1 aliphatic heterocycles. The van der Waals surface area contributed by atoms with Crippen LogP contribution in [-0.2, 0) is 0 Å². The topological polar surface area (TPSA) is 15.3 Å². The van der Waals surface area contributed by atoms with Crippen molar-refractivity contribution in [3.8, 4) is 0 Å². The molecule has 0 spiro atoms. The second-order valence-corrected chi connectivity index (χ2v) is 4.62. The molecule has 0 amide bonds. The number of hydrogen-bond donors (Lipinski definition) is 1. The molecule has 1 rings (SSSR count). The fourth-order valence-corrected chi connectivity index (χ4v) is 2.20. The van der Waals surface area contributed by atoms with Crippen LogP contribution in [0.5, 0.6) is 0 Å². The van der Waals surface area contributed by atoms with Crippen molar-refractivity contribution in [2.45, 2.75) is 46.2 Å². The minimum atomic E-state index is 0.668. The normalized spacial score (nSPS) is 31.2. The highest BCUT2D eigenvalue weighted by atomic mass is 15.2. The summed E-state index contributed by atoms with van der Waals surface area (Å²) < 4.78 is 0. The molecule has 0 aromatic rings. The van der Waals surface area contributed by atoms with Crippen LogP contribution in [0.3, 0.4) is 0 Å². The van der Waals surface area contributed by atoms with E-state index in [4.69, 9.17) is 0 Å². The monoisotopic (exact) mass is 184 g/mol. The Labute approximate surface area is 82.7 Å². The van der Waals surface area contributed by atoms with Crippen LogP contribution in [0.2, 0.25) is 0 Å². The number of piperazine rings is 1. The maximum absolute atomic E-state index is 3.56. The third kappa shape index (κ3) is 2.96. The van der Waals surface area contributed by atoms with Crippen molar-refractivity contribution in [1.82, 2.24) is 10.2 Å². The van der Waals surface area contributed by atoms with Gasteiger partial charge in [0.1, 0.15) is 0 Å². The molecular weight excluding hydrogens is 160 g/mol. The number of rotatable bonds is 3. The first-order valence-electron chi connectivity index (χ1n) is 5.62. The van der Waals surface area contributed by atoms with Gasteiger partial charge in [0, 0.05) is 25.2 Å². The Kier molecular flexibility index (Phi) is 4.20. The second-order valence-electron chi connectivity index (χ2n) is 4.62. The van der Waals surface area contributed by atoms with Crippen molar-refractivity contribution in [2.24, 2.45) is 5.92 Å². The van der Waals surface area contributed by atoms with Crippen LogP contribution in [0, 0.1) is 5.92 Å². The third-order valence-electron chi connectivity index (χ3n) is 2.93. The van der Waals surface area contributed by atoms with Gasteiger partial charge in [-0.05, 0) is 25.8 Å². The summed E-state index contributed by atoms with van der Waals surface area (Å²) in [6, 6.07) is 1.41. The van der Waals surface area contributed by atoms with Crippen LogP contribution in [-0.4, -0.2) is 36.6 Å². The molecule has 1 heterocycles. The van der Waals surface area contributed by atoms with Gasteiger partial charge in [0.2, 0.25) is 0 Å². The molecule has 0 radical (unpaired) electrons. The maximum atomic E-state index is 3.56. The van der Waals surface area contributed by atoms with E-state index in [2.05, 4.69) is 37.9 Å². The Morgan fingerprint density at radius 2 is 2.15 bits per heavy atom. The van der Waals surface area contributed by atoms with Gasteiger partial charge >= 0.3 is 0 Å². The Balaban J connectivity index is 2.50. The predicted octanol–water partition coefficient (Wildman–Crippen LogP) is 1.71. The lowest BCUT2D eigenvalue weighted by Crippen LogP contribution is -2.57. The number of nitrogens with one attached hydrogen (secondary N) is 1. The van der Waals surface area contributed by atoms with Crippen LogP contribution >= 0.6 is 0 Å². The number of nitrogens with zero attached hydrogens (tertiary/aromatic N) is 1. The first-order chi connectivity index (χ1) is 6.15. The zero-order valence-electron chi connectivity index (χ0n) is 9.51. The molecule has 2 heteroatoms. The maximum Gasteiger partial charge on any atom is 0.0244 e. The third-order valence-corrected chi connectivity index (χ3v) is 2.93. The van der Waals surface area contributed by atoms with E-state index in [-0.39, 0.29) is 0 Å². The molecule has 0 aromatic carbocycles. The van der Waals surface area contributed by atoms with E-state index in [1.807, 2.05) is 0 Å². The van der Waals surface area contributed by atoms with Crippen LogP contribution in [0.1, 0.15) is 34.1 Å². The summed E-state index contributed by atoms with van der Waals surface area (Å²) >= 11 is 0. The molecule has 0 aliphatic carbocycles. The molecule has 2 atom stereocenters. The molecule has 2 nitrogen and oxygen atoms in total.